The molecule has 3 rings (SSSR count). The molecule has 2 aromatic rings. The Bertz CT molecular complexity index is 1170. The number of methoxy groups -OCH3 is 1. The minimum atomic E-state index is -0.130. The molecule has 0 aromatic heterocycles. The van der Waals surface area contributed by atoms with Crippen LogP contribution in [0.25, 0.3) is 0 Å². The first-order valence-corrected chi connectivity index (χ1v) is 12.3. The highest BCUT2D eigenvalue weighted by molar-refractivity contribution is 6.15. The molecule has 5 heteroatoms. The van der Waals surface area contributed by atoms with E-state index in [0.717, 1.165) is 36.9 Å². The van der Waals surface area contributed by atoms with Crippen molar-refractivity contribution in [3.8, 4) is 11.5 Å². The fraction of sp³-hybridized carbons (Fsp3) is 0.367. The van der Waals surface area contributed by atoms with E-state index >= 15 is 0 Å². The Hall–Kier alpha value is -3.47. The molecule has 0 atom stereocenters. The highest BCUT2D eigenvalue weighted by Crippen LogP contribution is 2.43. The van der Waals surface area contributed by atoms with Crippen molar-refractivity contribution in [2.45, 2.75) is 60.3 Å². The molecule has 0 fully saturated rings. The summed E-state index contributed by atoms with van der Waals surface area (Å²) < 4.78 is 5.53. The van der Waals surface area contributed by atoms with Crippen LogP contribution in [0, 0.1) is 6.92 Å². The number of aryl methyl sites for hydroxylation is 1. The van der Waals surface area contributed by atoms with Crippen molar-refractivity contribution >= 4 is 23.0 Å². The van der Waals surface area contributed by atoms with Gasteiger partial charge < -0.3 is 20.1 Å². The first-order valence-electron chi connectivity index (χ1n) is 12.3. The van der Waals surface area contributed by atoms with Crippen molar-refractivity contribution in [1.29, 1.82) is 0 Å². The van der Waals surface area contributed by atoms with Crippen LogP contribution in [0.2, 0.25) is 0 Å². The van der Waals surface area contributed by atoms with Crippen LogP contribution in [0.3, 0.4) is 0 Å². The monoisotopic (exact) mass is 474 g/mol. The molecule has 35 heavy (non-hydrogen) atoms. The summed E-state index contributed by atoms with van der Waals surface area (Å²) in [6.45, 7) is 10.9. The van der Waals surface area contributed by atoms with Gasteiger partial charge in [0.2, 0.25) is 0 Å². The zero-order valence-electron chi connectivity index (χ0n) is 21.9. The minimum Gasteiger partial charge on any atom is -0.508 e. The third kappa shape index (κ3) is 6.56. The molecule has 0 aliphatic carbocycles. The number of nitrogens with one attached hydrogen (secondary N) is 1. The molecule has 5 nitrogen and oxygen atoms in total. The van der Waals surface area contributed by atoms with E-state index in [1.807, 2.05) is 19.1 Å². The number of fused-ring (bicyclic) bond motifs is 2. The summed E-state index contributed by atoms with van der Waals surface area (Å²) in [6.07, 6.45) is 10.8. The maximum Gasteiger partial charge on any atom is 0.260 e. The quantitative estimate of drug-likeness (QED) is 0.287. The standard InChI is InChI=1S/C30H38N2O3/c1-20(2)10-7-11-21(3)12-8-13-22(4)16-17-32-26-19-24(33)18-23(5)28(26)31-29-25(30(32)34)14-9-15-27(29)35-6/h9-10,12,14-16,18-19,31,33H,7-8,11,13,17H2,1-6H3. The van der Waals surface area contributed by atoms with Crippen LogP contribution < -0.4 is 15.0 Å². The Balaban J connectivity index is 1.82. The first kappa shape index (κ1) is 26.1. The number of para-hydroxylation sites is 1. The molecule has 0 unspecified atom stereocenters. The largest absolute Gasteiger partial charge is 0.508 e. The molecular formula is C30H38N2O3. The first-order chi connectivity index (χ1) is 16.7. The Morgan fingerprint density at radius 1 is 1.00 bits per heavy atom. The highest BCUT2D eigenvalue weighted by Gasteiger charge is 2.29. The average molecular weight is 475 g/mol. The lowest BCUT2D eigenvalue weighted by Gasteiger charge is -2.23. The number of anilines is 3. The number of nitrogens with zero attached hydrogens (tertiary/aromatic N) is 1. The third-order valence-corrected chi connectivity index (χ3v) is 6.31. The van der Waals surface area contributed by atoms with E-state index < -0.39 is 0 Å². The number of hydrogen-bond donors (Lipinski definition) is 2. The smallest absolute Gasteiger partial charge is 0.260 e. The number of benzene rings is 2. The van der Waals surface area contributed by atoms with E-state index in [9.17, 15) is 9.90 Å². The van der Waals surface area contributed by atoms with Gasteiger partial charge in [-0.1, -0.05) is 41.0 Å². The predicted molar refractivity (Wildman–Crippen MR) is 146 cm³/mol. The summed E-state index contributed by atoms with van der Waals surface area (Å²) in [4.78, 5) is 15.4. The molecule has 0 saturated heterocycles. The number of rotatable bonds is 9. The lowest BCUT2D eigenvalue weighted by molar-refractivity contribution is 0.0991. The number of allylic oxidation sites excluding steroid dienone is 5. The fourth-order valence-electron chi connectivity index (χ4n) is 4.28. The van der Waals surface area contributed by atoms with Crippen molar-refractivity contribution in [2.75, 3.05) is 23.9 Å². The third-order valence-electron chi connectivity index (χ3n) is 6.31. The molecule has 0 saturated carbocycles. The second kappa shape index (κ2) is 11.8. The normalized spacial score (nSPS) is 13.5. The van der Waals surface area contributed by atoms with Crippen LogP contribution in [0.4, 0.5) is 17.1 Å². The molecule has 1 aliphatic rings. The molecule has 1 aliphatic heterocycles. The molecule has 186 valence electrons. The zero-order valence-corrected chi connectivity index (χ0v) is 21.9. The van der Waals surface area contributed by atoms with Crippen LogP contribution in [-0.2, 0) is 0 Å². The van der Waals surface area contributed by atoms with Gasteiger partial charge in [0.15, 0.2) is 0 Å². The van der Waals surface area contributed by atoms with Gasteiger partial charge in [0.05, 0.1) is 29.7 Å². The predicted octanol–water partition coefficient (Wildman–Crippen LogP) is 7.83. The Kier molecular flexibility index (Phi) is 8.80. The van der Waals surface area contributed by atoms with E-state index in [4.69, 9.17) is 4.74 Å². The number of aromatic hydroxyl groups is 1. The van der Waals surface area contributed by atoms with Gasteiger partial charge in [-0.15, -0.1) is 0 Å². The average Bonchev–Trinajstić information content (AvgIpc) is 2.92. The lowest BCUT2D eigenvalue weighted by atomic mass is 10.1. The van der Waals surface area contributed by atoms with Gasteiger partial charge in [-0.25, -0.2) is 0 Å². The van der Waals surface area contributed by atoms with Gasteiger partial charge in [-0.2, -0.15) is 0 Å². The SMILES string of the molecule is COc1cccc2c1Nc1c(C)cc(O)cc1N(CC=C(C)CCC=C(C)CCC=C(C)C)C2=O. The maximum atomic E-state index is 13.7. The van der Waals surface area contributed by atoms with Crippen molar-refractivity contribution < 1.29 is 14.6 Å². The van der Waals surface area contributed by atoms with Crippen molar-refractivity contribution in [1.82, 2.24) is 0 Å². The lowest BCUT2D eigenvalue weighted by Crippen LogP contribution is -2.30. The number of phenolic OH excluding ortho intramolecular Hbond substituents is 1. The summed E-state index contributed by atoms with van der Waals surface area (Å²) in [7, 11) is 1.60. The van der Waals surface area contributed by atoms with E-state index in [0.29, 0.717) is 29.2 Å². The summed E-state index contributed by atoms with van der Waals surface area (Å²) in [5.41, 5.74) is 7.49. The van der Waals surface area contributed by atoms with Gasteiger partial charge in [-0.3, -0.25) is 4.79 Å². The minimum absolute atomic E-state index is 0.130. The molecule has 1 amide bonds. The molecule has 2 aromatic carbocycles. The molecule has 2 N–H and O–H groups in total. The number of carbonyl (C=O) groups is 1. The number of amides is 1. The van der Waals surface area contributed by atoms with Crippen molar-refractivity contribution in [2.24, 2.45) is 0 Å². The Labute approximate surface area is 209 Å². The second-order valence-electron chi connectivity index (χ2n) is 9.54. The van der Waals surface area contributed by atoms with Crippen LogP contribution in [0.1, 0.15) is 69.3 Å². The fourth-order valence-corrected chi connectivity index (χ4v) is 4.28. The van der Waals surface area contributed by atoms with E-state index in [1.54, 1.807) is 30.2 Å². The van der Waals surface area contributed by atoms with Gasteiger partial charge in [0.25, 0.3) is 5.91 Å². The summed E-state index contributed by atoms with van der Waals surface area (Å²) >= 11 is 0. The summed E-state index contributed by atoms with van der Waals surface area (Å²) in [6, 6.07) is 8.81. The summed E-state index contributed by atoms with van der Waals surface area (Å²) in [5, 5.41) is 13.7. The van der Waals surface area contributed by atoms with Gasteiger partial charge in [0.1, 0.15) is 11.5 Å². The number of phenols is 1. The molecular weight excluding hydrogens is 436 g/mol. The van der Waals surface area contributed by atoms with Crippen molar-refractivity contribution in [3.05, 3.63) is 76.4 Å². The van der Waals surface area contributed by atoms with E-state index in [-0.39, 0.29) is 11.7 Å². The van der Waals surface area contributed by atoms with Gasteiger partial charge >= 0.3 is 0 Å². The van der Waals surface area contributed by atoms with Crippen molar-refractivity contribution in [3.63, 3.8) is 0 Å². The highest BCUT2D eigenvalue weighted by atomic mass is 16.5. The second-order valence-corrected chi connectivity index (χ2v) is 9.54. The topological polar surface area (TPSA) is 61.8 Å². The Morgan fingerprint density at radius 3 is 2.37 bits per heavy atom. The zero-order chi connectivity index (χ0) is 25.5. The van der Waals surface area contributed by atoms with E-state index in [1.165, 1.54) is 16.7 Å². The number of hydrogen-bond acceptors (Lipinski definition) is 4. The van der Waals surface area contributed by atoms with Gasteiger partial charge in [0, 0.05) is 12.6 Å². The van der Waals surface area contributed by atoms with Crippen LogP contribution in [-0.4, -0.2) is 24.7 Å². The van der Waals surface area contributed by atoms with Crippen LogP contribution in [0.15, 0.2) is 65.3 Å². The Morgan fingerprint density at radius 2 is 1.69 bits per heavy atom. The number of carbonyl (C=O) groups excluding carboxylic acids is 1. The van der Waals surface area contributed by atoms with Gasteiger partial charge in [-0.05, 0) is 84.1 Å². The molecule has 0 radical (unpaired) electrons. The van der Waals surface area contributed by atoms with E-state index in [2.05, 4.69) is 51.2 Å². The molecule has 1 heterocycles. The van der Waals surface area contributed by atoms with Crippen LogP contribution in [0.5, 0.6) is 11.5 Å². The molecule has 0 bridgehead atoms. The number of ether oxygens (including phenoxy) is 1. The molecule has 0 spiro atoms. The van der Waals surface area contributed by atoms with Crippen LogP contribution >= 0.6 is 0 Å². The summed E-state index contributed by atoms with van der Waals surface area (Å²) in [5.74, 6) is 0.608. The maximum absolute atomic E-state index is 13.7.